The molecule has 2 aliphatic heterocycles. The number of ether oxygens (including phenoxy) is 1. The summed E-state index contributed by atoms with van der Waals surface area (Å²) in [5.41, 5.74) is 2.37. The number of aryl methyl sites for hydroxylation is 1. The van der Waals surface area contributed by atoms with Crippen molar-refractivity contribution in [2.24, 2.45) is 7.05 Å². The lowest BCUT2D eigenvalue weighted by molar-refractivity contribution is -0.0175. The maximum absolute atomic E-state index is 15.0. The number of fused-ring (bicyclic) bond motifs is 2. The Morgan fingerprint density at radius 2 is 2.00 bits per heavy atom. The number of hydrogen-bond donors (Lipinski definition) is 2. The van der Waals surface area contributed by atoms with Crippen LogP contribution >= 0.6 is 0 Å². The zero-order valence-electron chi connectivity index (χ0n) is 18.5. The van der Waals surface area contributed by atoms with E-state index in [1.165, 1.54) is 10.6 Å². The smallest absolute Gasteiger partial charge is 0.250 e. The van der Waals surface area contributed by atoms with Gasteiger partial charge in [0.1, 0.15) is 17.7 Å². The number of nitrogens with zero attached hydrogens (tertiary/aromatic N) is 4. The van der Waals surface area contributed by atoms with Gasteiger partial charge in [-0.2, -0.15) is 0 Å². The Morgan fingerprint density at radius 1 is 1.18 bits per heavy atom. The summed E-state index contributed by atoms with van der Waals surface area (Å²) in [5, 5.41) is 13.9. The molecule has 1 aromatic carbocycles. The lowest BCUT2D eigenvalue weighted by Crippen LogP contribution is -2.65. The van der Waals surface area contributed by atoms with Gasteiger partial charge in [0.15, 0.2) is 0 Å². The summed E-state index contributed by atoms with van der Waals surface area (Å²) in [6.45, 7) is 0.963. The fraction of sp³-hybridized carbons (Fsp3) is 0.375. The van der Waals surface area contributed by atoms with Gasteiger partial charge >= 0.3 is 0 Å². The van der Waals surface area contributed by atoms with Gasteiger partial charge in [-0.3, -0.25) is 9.78 Å². The van der Waals surface area contributed by atoms with E-state index in [1.54, 1.807) is 37.8 Å². The van der Waals surface area contributed by atoms with Crippen molar-refractivity contribution in [3.63, 3.8) is 0 Å². The highest BCUT2D eigenvalue weighted by Gasteiger charge is 2.42. The number of halogens is 1. The van der Waals surface area contributed by atoms with Crippen molar-refractivity contribution in [3.8, 4) is 28.1 Å². The zero-order chi connectivity index (χ0) is 23.1. The summed E-state index contributed by atoms with van der Waals surface area (Å²) < 4.78 is 22.0. The van der Waals surface area contributed by atoms with Gasteiger partial charge in [-0.15, -0.1) is 0 Å². The van der Waals surface area contributed by atoms with Crippen LogP contribution in [0.25, 0.3) is 22.4 Å². The quantitative estimate of drug-likeness (QED) is 0.628. The second-order valence-electron chi connectivity index (χ2n) is 8.72. The Kier molecular flexibility index (Phi) is 5.59. The summed E-state index contributed by atoms with van der Waals surface area (Å²) in [4.78, 5) is 22.7. The SMILES string of the molecule is CN(c1cnc(-c2ccc(-c3ccn(C)c(=O)c3)cc2O)cn1)[C@@H]1CC2COC[C@H](N2)[C@@H]1F. The predicted octanol–water partition coefficient (Wildman–Crippen LogP) is 2.12. The molecule has 5 rings (SSSR count). The van der Waals surface area contributed by atoms with Crippen LogP contribution in [-0.4, -0.2) is 64.2 Å². The molecule has 9 heteroatoms. The number of pyridine rings is 1. The van der Waals surface area contributed by atoms with E-state index in [-0.39, 0.29) is 29.4 Å². The van der Waals surface area contributed by atoms with Gasteiger partial charge in [0.25, 0.3) is 5.56 Å². The van der Waals surface area contributed by atoms with Crippen molar-refractivity contribution >= 4 is 5.82 Å². The van der Waals surface area contributed by atoms with Crippen molar-refractivity contribution < 1.29 is 14.2 Å². The van der Waals surface area contributed by atoms with Crippen LogP contribution in [0, 0.1) is 0 Å². The van der Waals surface area contributed by atoms with Gasteiger partial charge in [-0.1, -0.05) is 6.07 Å². The summed E-state index contributed by atoms with van der Waals surface area (Å²) in [6.07, 6.45) is 4.43. The Labute approximate surface area is 190 Å². The van der Waals surface area contributed by atoms with Crippen molar-refractivity contribution in [1.82, 2.24) is 19.9 Å². The third-order valence-electron chi connectivity index (χ3n) is 6.55. The minimum absolute atomic E-state index is 0.0404. The molecule has 0 amide bonds. The predicted molar refractivity (Wildman–Crippen MR) is 123 cm³/mol. The molecule has 33 heavy (non-hydrogen) atoms. The number of aromatic nitrogens is 3. The average Bonchev–Trinajstić information content (AvgIpc) is 2.83. The molecule has 0 radical (unpaired) electrons. The van der Waals surface area contributed by atoms with E-state index < -0.39 is 6.17 Å². The molecular formula is C24H26FN5O3. The van der Waals surface area contributed by atoms with Gasteiger partial charge in [-0.05, 0) is 35.7 Å². The van der Waals surface area contributed by atoms with Crippen LogP contribution in [0.2, 0.25) is 0 Å². The third-order valence-corrected chi connectivity index (χ3v) is 6.55. The first-order valence-electron chi connectivity index (χ1n) is 10.9. The van der Waals surface area contributed by atoms with E-state index >= 15 is 0 Å². The molecule has 2 fully saturated rings. The lowest BCUT2D eigenvalue weighted by atomic mass is 9.90. The van der Waals surface area contributed by atoms with Crippen LogP contribution in [0.5, 0.6) is 5.75 Å². The molecule has 0 saturated carbocycles. The van der Waals surface area contributed by atoms with E-state index in [0.717, 1.165) is 11.1 Å². The second kappa shape index (κ2) is 8.57. The first-order valence-corrected chi connectivity index (χ1v) is 10.9. The largest absolute Gasteiger partial charge is 0.507 e. The second-order valence-corrected chi connectivity index (χ2v) is 8.72. The molecule has 2 N–H and O–H groups in total. The number of morpholine rings is 1. The fourth-order valence-electron chi connectivity index (χ4n) is 4.59. The number of aromatic hydroxyl groups is 1. The molecule has 2 bridgehead atoms. The number of hydrogen-bond acceptors (Lipinski definition) is 7. The highest BCUT2D eigenvalue weighted by atomic mass is 19.1. The molecule has 172 valence electrons. The normalized spacial score (nSPS) is 24.5. The van der Waals surface area contributed by atoms with Crippen LogP contribution in [-0.2, 0) is 11.8 Å². The first kappa shape index (κ1) is 21.5. The number of benzene rings is 1. The van der Waals surface area contributed by atoms with Gasteiger partial charge in [0, 0.05) is 38.0 Å². The molecule has 0 spiro atoms. The lowest BCUT2D eigenvalue weighted by Gasteiger charge is -2.45. The summed E-state index contributed by atoms with van der Waals surface area (Å²) in [5.74, 6) is 0.613. The number of rotatable bonds is 4. The van der Waals surface area contributed by atoms with Crippen molar-refractivity contribution in [2.45, 2.75) is 30.7 Å². The maximum atomic E-state index is 15.0. The standard InChI is InChI=1S/C24H26FN5O3/c1-29-6-5-15(8-23(29)32)14-3-4-17(21(31)7-14)18-10-27-22(11-26-18)30(2)20-9-16-12-33-13-19(28-16)24(20)25/h3-8,10-11,16,19-20,24,28,31H,9,12-13H2,1-2H3/t16?,19-,20+,24-/m0/s1. The number of anilines is 1. The van der Waals surface area contributed by atoms with Gasteiger partial charge in [0.2, 0.25) is 0 Å². The monoisotopic (exact) mass is 451 g/mol. The molecule has 2 saturated heterocycles. The highest BCUT2D eigenvalue weighted by Crippen LogP contribution is 2.33. The van der Waals surface area contributed by atoms with Crippen LogP contribution in [0.3, 0.4) is 0 Å². The van der Waals surface area contributed by atoms with Gasteiger partial charge in [0.05, 0.1) is 43.4 Å². The molecule has 3 aromatic rings. The molecule has 4 heterocycles. The molecule has 4 atom stereocenters. The van der Waals surface area contributed by atoms with E-state index in [2.05, 4.69) is 15.3 Å². The molecule has 1 unspecified atom stereocenters. The van der Waals surface area contributed by atoms with Crippen LogP contribution in [0.4, 0.5) is 10.2 Å². The number of phenolic OH excluding ortho intramolecular Hbond substituents is 1. The maximum Gasteiger partial charge on any atom is 0.250 e. The molecule has 0 aliphatic carbocycles. The van der Waals surface area contributed by atoms with Gasteiger partial charge < -0.3 is 24.6 Å². The van der Waals surface area contributed by atoms with Gasteiger partial charge in [-0.25, -0.2) is 9.37 Å². The zero-order valence-corrected chi connectivity index (χ0v) is 18.5. The summed E-state index contributed by atoms with van der Waals surface area (Å²) >= 11 is 0. The number of piperidine rings is 1. The fourth-order valence-corrected chi connectivity index (χ4v) is 4.59. The topological polar surface area (TPSA) is 92.5 Å². The molecule has 2 aromatic heterocycles. The number of alkyl halides is 1. The van der Waals surface area contributed by atoms with Crippen LogP contribution in [0.1, 0.15) is 6.42 Å². The van der Waals surface area contributed by atoms with Crippen molar-refractivity contribution in [1.29, 1.82) is 0 Å². The van der Waals surface area contributed by atoms with Crippen LogP contribution < -0.4 is 15.8 Å². The number of phenols is 1. The van der Waals surface area contributed by atoms with E-state index in [0.29, 0.717) is 36.7 Å². The molecule has 8 nitrogen and oxygen atoms in total. The highest BCUT2D eigenvalue weighted by molar-refractivity contribution is 5.74. The minimum atomic E-state index is -1.07. The van der Waals surface area contributed by atoms with Crippen LogP contribution in [0.15, 0.2) is 53.7 Å². The van der Waals surface area contributed by atoms with E-state index in [4.69, 9.17) is 4.74 Å². The summed E-state index contributed by atoms with van der Waals surface area (Å²) in [7, 11) is 3.52. The molecule has 2 aliphatic rings. The first-order chi connectivity index (χ1) is 15.9. The minimum Gasteiger partial charge on any atom is -0.507 e. The Balaban J connectivity index is 1.36. The Bertz CT molecular complexity index is 1220. The third kappa shape index (κ3) is 4.09. The Morgan fingerprint density at radius 3 is 2.73 bits per heavy atom. The number of nitrogens with one attached hydrogen (secondary N) is 1. The van der Waals surface area contributed by atoms with E-state index in [9.17, 15) is 14.3 Å². The van der Waals surface area contributed by atoms with E-state index in [1.807, 2.05) is 24.1 Å². The Hall–Kier alpha value is -3.30. The summed E-state index contributed by atoms with van der Waals surface area (Å²) in [6, 6.07) is 8.05. The average molecular weight is 452 g/mol. The van der Waals surface area contributed by atoms with Crippen molar-refractivity contribution in [3.05, 3.63) is 59.3 Å². The molecular weight excluding hydrogens is 425 g/mol. The van der Waals surface area contributed by atoms with Crippen molar-refractivity contribution in [2.75, 3.05) is 25.2 Å².